The molecule has 0 bridgehead atoms. The van der Waals surface area contributed by atoms with E-state index in [0.717, 1.165) is 12.2 Å². The summed E-state index contributed by atoms with van der Waals surface area (Å²) in [6.45, 7) is -0.249. The Kier molecular flexibility index (Phi) is 3.60. The summed E-state index contributed by atoms with van der Waals surface area (Å²) in [5, 5.41) is 10.1. The molecule has 1 amide bonds. The van der Waals surface area contributed by atoms with Gasteiger partial charge in [-0.05, 0) is 0 Å². The fraction of sp³-hybridized carbons (Fsp3) is 0.250. The number of hydrogen-bond donors (Lipinski definition) is 1. The van der Waals surface area contributed by atoms with Gasteiger partial charge in [0.2, 0.25) is 0 Å². The average molecular weight is 115 g/mol. The quantitative estimate of drug-likeness (QED) is 0.401. The van der Waals surface area contributed by atoms with Crippen LogP contribution in [0.25, 0.3) is 0 Å². The van der Waals surface area contributed by atoms with E-state index in [1.165, 1.54) is 0 Å². The third kappa shape index (κ3) is 3.17. The minimum Gasteiger partial charge on any atom is -0.392 e. The highest BCUT2D eigenvalue weighted by Crippen LogP contribution is 1.75. The van der Waals surface area contributed by atoms with Crippen LogP contribution < -0.4 is 0 Å². The van der Waals surface area contributed by atoms with Gasteiger partial charge >= 0.3 is 5.91 Å². The predicted octanol–water partition coefficient (Wildman–Crippen LogP) is -0.172. The van der Waals surface area contributed by atoms with E-state index in [-0.39, 0.29) is 6.61 Å². The molecule has 0 aliphatic carbocycles. The van der Waals surface area contributed by atoms with Crippen molar-refractivity contribution in [1.82, 2.24) is 0 Å². The summed E-state index contributed by atoms with van der Waals surface area (Å²) in [5.74, 6) is -0.876. The lowest BCUT2D eigenvalue weighted by atomic mass is 10.5. The molecule has 0 aromatic carbocycles. The van der Waals surface area contributed by atoms with Crippen molar-refractivity contribution in [1.29, 1.82) is 0 Å². The van der Waals surface area contributed by atoms with Crippen LogP contribution in [0.2, 0.25) is 0 Å². The molecule has 0 spiro atoms. The summed E-state index contributed by atoms with van der Waals surface area (Å²) < 4.78 is 0. The molecule has 0 saturated carbocycles. The monoisotopic (exact) mass is 115 g/mol. The van der Waals surface area contributed by atoms with Crippen LogP contribution in [0.3, 0.4) is 0 Å². The number of hydrogen-bond acceptors (Lipinski definition) is 3. The van der Waals surface area contributed by atoms with Gasteiger partial charge in [-0.25, -0.2) is 0 Å². The van der Waals surface area contributed by atoms with E-state index >= 15 is 0 Å². The third-order valence-corrected chi connectivity index (χ3v) is 0.456. The third-order valence-electron chi connectivity index (χ3n) is 0.456. The molecule has 0 rings (SSSR count). The highest BCUT2D eigenvalue weighted by Gasteiger charge is 1.87. The summed E-state index contributed by atoms with van der Waals surface area (Å²) >= 11 is 0. The van der Waals surface area contributed by atoms with Gasteiger partial charge in [0.15, 0.2) is 0 Å². The molecular weight excluding hydrogens is 110 g/mol. The fourth-order valence-electron chi connectivity index (χ4n) is 0.184. The molecular formula is C4H5NO3. The number of aliphatic hydroxyl groups excluding tert-OH is 1. The van der Waals surface area contributed by atoms with Crippen molar-refractivity contribution in [3.05, 3.63) is 17.1 Å². The van der Waals surface area contributed by atoms with Crippen LogP contribution in [0.15, 0.2) is 17.3 Å². The molecule has 0 heterocycles. The first-order valence-electron chi connectivity index (χ1n) is 1.96. The van der Waals surface area contributed by atoms with E-state index < -0.39 is 5.91 Å². The first-order valence-corrected chi connectivity index (χ1v) is 1.96. The average Bonchev–Trinajstić information content (AvgIpc) is 1.83. The molecule has 44 valence electrons. The minimum absolute atomic E-state index is 0.249. The molecule has 4 nitrogen and oxygen atoms in total. The summed E-state index contributed by atoms with van der Waals surface area (Å²) in [6, 6.07) is 0. The number of aliphatic hydroxyl groups is 1. The van der Waals surface area contributed by atoms with Crippen LogP contribution in [0, 0.1) is 4.91 Å². The molecule has 0 fully saturated rings. The van der Waals surface area contributed by atoms with Gasteiger partial charge in [-0.1, -0.05) is 6.08 Å². The van der Waals surface area contributed by atoms with Crippen molar-refractivity contribution >= 4 is 5.91 Å². The lowest BCUT2D eigenvalue weighted by Crippen LogP contribution is -1.83. The van der Waals surface area contributed by atoms with Crippen molar-refractivity contribution in [2.75, 3.05) is 6.61 Å². The molecule has 0 aromatic heterocycles. The zero-order valence-electron chi connectivity index (χ0n) is 4.07. The summed E-state index contributed by atoms with van der Waals surface area (Å²) in [4.78, 5) is 19.2. The Balaban J connectivity index is 3.52. The number of nitrogens with zero attached hydrogens (tertiary/aromatic N) is 1. The van der Waals surface area contributed by atoms with Crippen LogP contribution >= 0.6 is 0 Å². The van der Waals surface area contributed by atoms with Gasteiger partial charge in [0.05, 0.1) is 6.61 Å². The van der Waals surface area contributed by atoms with E-state index in [4.69, 9.17) is 5.11 Å². The van der Waals surface area contributed by atoms with E-state index in [1.54, 1.807) is 0 Å². The zero-order chi connectivity index (χ0) is 6.41. The lowest BCUT2D eigenvalue weighted by Gasteiger charge is -1.72. The van der Waals surface area contributed by atoms with Crippen molar-refractivity contribution in [2.24, 2.45) is 5.18 Å². The predicted molar refractivity (Wildman–Crippen MR) is 27.0 cm³/mol. The van der Waals surface area contributed by atoms with Crippen molar-refractivity contribution < 1.29 is 9.90 Å². The molecule has 0 aliphatic rings. The number of nitroso groups, excluding NO2 is 1. The maximum Gasteiger partial charge on any atom is 0.309 e. The maximum absolute atomic E-state index is 9.89. The standard InChI is InChI=1S/C4H5NO3/c6-3-1-2-4(7)5-8/h1-2,6H,3H2/b2-1+. The molecule has 0 radical (unpaired) electrons. The van der Waals surface area contributed by atoms with Crippen molar-refractivity contribution in [3.63, 3.8) is 0 Å². The molecule has 0 aliphatic heterocycles. The topological polar surface area (TPSA) is 66.7 Å². The van der Waals surface area contributed by atoms with Crippen LogP contribution in [-0.2, 0) is 4.79 Å². The molecule has 0 atom stereocenters. The van der Waals surface area contributed by atoms with E-state index in [1.807, 2.05) is 5.18 Å². The highest BCUT2D eigenvalue weighted by molar-refractivity contribution is 5.87. The van der Waals surface area contributed by atoms with Crippen molar-refractivity contribution in [2.45, 2.75) is 0 Å². The molecule has 0 unspecified atom stereocenters. The minimum atomic E-state index is -0.876. The number of carbonyl (C=O) groups is 1. The van der Waals surface area contributed by atoms with Gasteiger partial charge in [-0.2, -0.15) is 0 Å². The van der Waals surface area contributed by atoms with Crippen LogP contribution in [0.1, 0.15) is 0 Å². The first-order chi connectivity index (χ1) is 3.81. The van der Waals surface area contributed by atoms with Crippen molar-refractivity contribution in [3.8, 4) is 0 Å². The number of amides is 1. The number of carbonyl (C=O) groups excluding carboxylic acids is 1. The van der Waals surface area contributed by atoms with E-state index in [9.17, 15) is 9.70 Å². The van der Waals surface area contributed by atoms with Gasteiger partial charge in [0.25, 0.3) is 0 Å². The van der Waals surface area contributed by atoms with Gasteiger partial charge in [0.1, 0.15) is 0 Å². The second kappa shape index (κ2) is 4.14. The summed E-state index contributed by atoms with van der Waals surface area (Å²) in [7, 11) is 0. The van der Waals surface area contributed by atoms with E-state index in [0.29, 0.717) is 0 Å². The van der Waals surface area contributed by atoms with Gasteiger partial charge in [-0.15, -0.1) is 4.91 Å². The SMILES string of the molecule is O=NC(=O)/C=C/CO. The molecule has 4 heteroatoms. The fourth-order valence-corrected chi connectivity index (χ4v) is 0.184. The van der Waals surface area contributed by atoms with Crippen LogP contribution in [-0.4, -0.2) is 17.6 Å². The maximum atomic E-state index is 9.89. The molecule has 1 N–H and O–H groups in total. The second-order valence-corrected chi connectivity index (χ2v) is 1.01. The first kappa shape index (κ1) is 6.97. The van der Waals surface area contributed by atoms with Gasteiger partial charge in [0, 0.05) is 11.3 Å². The Hall–Kier alpha value is -1.03. The largest absolute Gasteiger partial charge is 0.392 e. The van der Waals surface area contributed by atoms with Gasteiger partial charge < -0.3 is 5.11 Å². The zero-order valence-corrected chi connectivity index (χ0v) is 4.07. The molecule has 8 heavy (non-hydrogen) atoms. The molecule has 0 aromatic rings. The Morgan fingerprint density at radius 2 is 2.38 bits per heavy atom. The van der Waals surface area contributed by atoms with Gasteiger partial charge in [-0.3, -0.25) is 4.79 Å². The second-order valence-electron chi connectivity index (χ2n) is 1.01. The Labute approximate surface area is 45.8 Å². The lowest BCUT2D eigenvalue weighted by molar-refractivity contribution is -0.113. The van der Waals surface area contributed by atoms with Crippen LogP contribution in [0.4, 0.5) is 0 Å². The molecule has 0 saturated heterocycles. The Morgan fingerprint density at radius 3 is 2.75 bits per heavy atom. The Morgan fingerprint density at radius 1 is 1.75 bits per heavy atom. The van der Waals surface area contributed by atoms with Crippen LogP contribution in [0.5, 0.6) is 0 Å². The highest BCUT2D eigenvalue weighted by atomic mass is 16.3. The summed E-state index contributed by atoms with van der Waals surface area (Å²) in [5.41, 5.74) is 0. The smallest absolute Gasteiger partial charge is 0.309 e. The summed E-state index contributed by atoms with van der Waals surface area (Å²) in [6.07, 6.45) is 2.05. The Bertz CT molecular complexity index is 118. The van der Waals surface area contributed by atoms with E-state index in [2.05, 4.69) is 0 Å². The number of rotatable bonds is 2. The normalized spacial score (nSPS) is 9.62.